The zero-order valence-corrected chi connectivity index (χ0v) is 9.68. The average Bonchev–Trinajstić information content (AvgIpc) is 2.76. The van der Waals surface area contributed by atoms with Gasteiger partial charge in [-0.1, -0.05) is 6.92 Å². The normalized spacial score (nSPS) is 13.3. The van der Waals surface area contributed by atoms with Crippen LogP contribution in [0.4, 0.5) is 5.69 Å². The number of ketones is 1. The third-order valence-corrected chi connectivity index (χ3v) is 2.85. The van der Waals surface area contributed by atoms with Gasteiger partial charge in [-0.15, -0.1) is 0 Å². The van der Waals surface area contributed by atoms with Crippen molar-refractivity contribution in [2.24, 2.45) is 0 Å². The molecular formula is C13H18N2O. The van der Waals surface area contributed by atoms with Gasteiger partial charge in [-0.3, -0.25) is 4.79 Å². The number of fused-ring (bicyclic) bond motifs is 1. The molecule has 0 bridgehead atoms. The molecule has 1 aliphatic heterocycles. The highest BCUT2D eigenvalue weighted by atomic mass is 16.1. The predicted octanol–water partition coefficient (Wildman–Crippen LogP) is 1.84. The molecule has 1 aromatic rings. The van der Waals surface area contributed by atoms with Crippen molar-refractivity contribution in [3.05, 3.63) is 29.3 Å². The summed E-state index contributed by atoms with van der Waals surface area (Å²) in [4.78, 5) is 11.8. The topological polar surface area (TPSA) is 41.1 Å². The third kappa shape index (κ3) is 2.42. The van der Waals surface area contributed by atoms with Crippen LogP contribution in [0.5, 0.6) is 0 Å². The van der Waals surface area contributed by atoms with Gasteiger partial charge in [0.2, 0.25) is 0 Å². The first kappa shape index (κ1) is 11.1. The van der Waals surface area contributed by atoms with Crippen LogP contribution in [0, 0.1) is 0 Å². The molecule has 3 nitrogen and oxygen atoms in total. The van der Waals surface area contributed by atoms with E-state index in [1.54, 1.807) is 0 Å². The molecule has 16 heavy (non-hydrogen) atoms. The summed E-state index contributed by atoms with van der Waals surface area (Å²) in [5, 5.41) is 6.43. The standard InChI is InChI=1S/C13H18N2O/c1-2-6-14-9-13(16)11-3-4-12-10(8-11)5-7-15-12/h3-4,8,14-15H,2,5-7,9H2,1H3. The van der Waals surface area contributed by atoms with Gasteiger partial charge in [0, 0.05) is 17.8 Å². The Kier molecular flexibility index (Phi) is 3.57. The van der Waals surface area contributed by atoms with Crippen LogP contribution in [0.15, 0.2) is 18.2 Å². The van der Waals surface area contributed by atoms with Crippen molar-refractivity contribution in [2.45, 2.75) is 19.8 Å². The lowest BCUT2D eigenvalue weighted by atomic mass is 10.1. The van der Waals surface area contributed by atoms with Crippen LogP contribution in [0.3, 0.4) is 0 Å². The summed E-state index contributed by atoms with van der Waals surface area (Å²) in [6, 6.07) is 5.94. The Hall–Kier alpha value is -1.35. The maximum absolute atomic E-state index is 11.8. The molecule has 1 aliphatic rings. The summed E-state index contributed by atoms with van der Waals surface area (Å²) >= 11 is 0. The second-order valence-corrected chi connectivity index (χ2v) is 4.15. The van der Waals surface area contributed by atoms with Crippen LogP contribution in [0.1, 0.15) is 29.3 Å². The number of nitrogens with one attached hydrogen (secondary N) is 2. The second kappa shape index (κ2) is 5.12. The molecular weight excluding hydrogens is 200 g/mol. The lowest BCUT2D eigenvalue weighted by Gasteiger charge is -2.05. The third-order valence-electron chi connectivity index (χ3n) is 2.85. The maximum atomic E-state index is 11.8. The van der Waals surface area contributed by atoms with Crippen molar-refractivity contribution in [2.75, 3.05) is 25.0 Å². The first-order chi connectivity index (χ1) is 7.81. The van der Waals surface area contributed by atoms with E-state index in [0.717, 1.165) is 31.5 Å². The van der Waals surface area contributed by atoms with Crippen molar-refractivity contribution >= 4 is 11.5 Å². The molecule has 1 aromatic carbocycles. The van der Waals surface area contributed by atoms with Gasteiger partial charge in [0.25, 0.3) is 0 Å². The van der Waals surface area contributed by atoms with Crippen LogP contribution in [-0.4, -0.2) is 25.4 Å². The van der Waals surface area contributed by atoms with Crippen molar-refractivity contribution in [3.63, 3.8) is 0 Å². The molecule has 0 atom stereocenters. The number of Topliss-reactive ketones (excluding diaryl/α,β-unsaturated/α-hetero) is 1. The number of anilines is 1. The highest BCUT2D eigenvalue weighted by Crippen LogP contribution is 2.22. The number of rotatable bonds is 5. The van der Waals surface area contributed by atoms with Crippen LogP contribution >= 0.6 is 0 Å². The predicted molar refractivity (Wildman–Crippen MR) is 66.1 cm³/mol. The molecule has 1 heterocycles. The monoisotopic (exact) mass is 218 g/mol. The molecule has 0 saturated heterocycles. The van der Waals surface area contributed by atoms with E-state index in [1.165, 1.54) is 11.3 Å². The number of hydrogen-bond donors (Lipinski definition) is 2. The average molecular weight is 218 g/mol. The fourth-order valence-corrected chi connectivity index (χ4v) is 1.96. The van der Waals surface area contributed by atoms with Gasteiger partial charge in [-0.2, -0.15) is 0 Å². The van der Waals surface area contributed by atoms with E-state index in [2.05, 4.69) is 17.6 Å². The van der Waals surface area contributed by atoms with E-state index < -0.39 is 0 Å². The number of hydrogen-bond acceptors (Lipinski definition) is 3. The van der Waals surface area contributed by atoms with E-state index in [-0.39, 0.29) is 5.78 Å². The van der Waals surface area contributed by atoms with Crippen LogP contribution in [0.2, 0.25) is 0 Å². The van der Waals surface area contributed by atoms with E-state index in [4.69, 9.17) is 0 Å². The molecule has 86 valence electrons. The minimum absolute atomic E-state index is 0.183. The largest absolute Gasteiger partial charge is 0.384 e. The Morgan fingerprint density at radius 3 is 3.19 bits per heavy atom. The Morgan fingerprint density at radius 1 is 1.50 bits per heavy atom. The molecule has 2 N–H and O–H groups in total. The van der Waals surface area contributed by atoms with Crippen molar-refractivity contribution in [3.8, 4) is 0 Å². The van der Waals surface area contributed by atoms with E-state index in [1.807, 2.05) is 18.2 Å². The summed E-state index contributed by atoms with van der Waals surface area (Å²) < 4.78 is 0. The fraction of sp³-hybridized carbons (Fsp3) is 0.462. The zero-order valence-electron chi connectivity index (χ0n) is 9.68. The lowest BCUT2D eigenvalue weighted by molar-refractivity contribution is 0.0991. The molecule has 0 aromatic heterocycles. The minimum atomic E-state index is 0.183. The quantitative estimate of drug-likeness (QED) is 0.585. The minimum Gasteiger partial charge on any atom is -0.384 e. The molecule has 0 aliphatic carbocycles. The summed E-state index contributed by atoms with van der Waals surface area (Å²) in [5.41, 5.74) is 3.27. The summed E-state index contributed by atoms with van der Waals surface area (Å²) in [6.45, 7) is 4.43. The smallest absolute Gasteiger partial charge is 0.176 e. The van der Waals surface area contributed by atoms with Gasteiger partial charge in [-0.05, 0) is 43.1 Å². The van der Waals surface area contributed by atoms with Crippen molar-refractivity contribution in [1.29, 1.82) is 0 Å². The van der Waals surface area contributed by atoms with E-state index in [0.29, 0.717) is 6.54 Å². The van der Waals surface area contributed by atoms with E-state index >= 15 is 0 Å². The van der Waals surface area contributed by atoms with Gasteiger partial charge in [0.15, 0.2) is 5.78 Å². The fourth-order valence-electron chi connectivity index (χ4n) is 1.96. The van der Waals surface area contributed by atoms with Crippen molar-refractivity contribution < 1.29 is 4.79 Å². The van der Waals surface area contributed by atoms with Crippen LogP contribution < -0.4 is 10.6 Å². The highest BCUT2D eigenvalue weighted by molar-refractivity contribution is 5.98. The molecule has 3 heteroatoms. The Bertz CT molecular complexity index is 388. The molecule has 0 fully saturated rings. The zero-order chi connectivity index (χ0) is 11.4. The van der Waals surface area contributed by atoms with Crippen LogP contribution in [-0.2, 0) is 6.42 Å². The first-order valence-electron chi connectivity index (χ1n) is 5.92. The Balaban J connectivity index is 2.01. The molecule has 0 radical (unpaired) electrons. The number of benzene rings is 1. The molecule has 2 rings (SSSR count). The number of carbonyl (C=O) groups excluding carboxylic acids is 1. The summed E-state index contributed by atoms with van der Waals surface area (Å²) in [6.07, 6.45) is 2.08. The lowest BCUT2D eigenvalue weighted by Crippen LogP contribution is -2.23. The molecule has 0 saturated carbocycles. The summed E-state index contributed by atoms with van der Waals surface area (Å²) in [5.74, 6) is 0.183. The SMILES string of the molecule is CCCNCC(=O)c1ccc2c(c1)CCN2. The maximum Gasteiger partial charge on any atom is 0.176 e. The summed E-state index contributed by atoms with van der Waals surface area (Å²) in [7, 11) is 0. The van der Waals surface area contributed by atoms with Gasteiger partial charge in [0.1, 0.15) is 0 Å². The van der Waals surface area contributed by atoms with Crippen molar-refractivity contribution in [1.82, 2.24) is 5.32 Å². The number of carbonyl (C=O) groups is 1. The van der Waals surface area contributed by atoms with Gasteiger partial charge >= 0.3 is 0 Å². The highest BCUT2D eigenvalue weighted by Gasteiger charge is 2.12. The van der Waals surface area contributed by atoms with Gasteiger partial charge < -0.3 is 10.6 Å². The van der Waals surface area contributed by atoms with Gasteiger partial charge in [-0.25, -0.2) is 0 Å². The Morgan fingerprint density at radius 2 is 2.38 bits per heavy atom. The first-order valence-corrected chi connectivity index (χ1v) is 5.92. The van der Waals surface area contributed by atoms with Gasteiger partial charge in [0.05, 0.1) is 6.54 Å². The van der Waals surface area contributed by atoms with Crippen LogP contribution in [0.25, 0.3) is 0 Å². The molecule has 0 amide bonds. The second-order valence-electron chi connectivity index (χ2n) is 4.15. The molecule has 0 spiro atoms. The Labute approximate surface area is 96.2 Å². The van der Waals surface area contributed by atoms with E-state index in [9.17, 15) is 4.79 Å². The molecule has 0 unspecified atom stereocenters.